The van der Waals surface area contributed by atoms with E-state index < -0.39 is 0 Å². The molecule has 0 saturated heterocycles. The van der Waals surface area contributed by atoms with E-state index in [1.165, 1.54) is 6.07 Å². The molecule has 0 radical (unpaired) electrons. The molecule has 2 rings (SSSR count). The topological polar surface area (TPSA) is 49.7 Å². The fourth-order valence-corrected chi connectivity index (χ4v) is 1.44. The normalized spacial score (nSPS) is 15.7. The van der Waals surface area contributed by atoms with E-state index in [1.54, 1.807) is 6.07 Å². The van der Waals surface area contributed by atoms with Gasteiger partial charge in [0, 0.05) is 5.56 Å². The molecule has 1 aromatic rings. The molecule has 64 valence electrons. The van der Waals surface area contributed by atoms with Gasteiger partial charge in [0.2, 0.25) is 0 Å². The summed E-state index contributed by atoms with van der Waals surface area (Å²) < 4.78 is 5.20. The molecular weight excluding hydrogens is 156 g/mol. The summed E-state index contributed by atoms with van der Waals surface area (Å²) in [6.07, 6.45) is 0.676. The predicted octanol–water partition coefficient (Wildman–Crippen LogP) is 1.17. The van der Waals surface area contributed by atoms with Crippen LogP contribution in [0.5, 0.6) is 11.5 Å². The summed E-state index contributed by atoms with van der Waals surface area (Å²) in [6, 6.07) is 3.27. The first-order valence-corrected chi connectivity index (χ1v) is 3.89. The van der Waals surface area contributed by atoms with Gasteiger partial charge in [-0.15, -0.1) is 0 Å². The highest BCUT2D eigenvalue weighted by atomic mass is 16.5. The van der Waals surface area contributed by atoms with E-state index in [-0.39, 0.29) is 11.5 Å². The minimum absolute atomic E-state index is 0.0100. The van der Waals surface area contributed by atoms with Gasteiger partial charge < -0.3 is 14.9 Å². The van der Waals surface area contributed by atoms with E-state index in [9.17, 15) is 10.2 Å². The lowest BCUT2D eigenvalue weighted by atomic mass is 10.0. The van der Waals surface area contributed by atoms with E-state index in [1.807, 2.05) is 0 Å². The molecule has 0 fully saturated rings. The number of ether oxygens (including phenoxy) is 1. The van der Waals surface area contributed by atoms with Crippen LogP contribution in [0.1, 0.15) is 11.1 Å². The molecule has 0 aliphatic carbocycles. The van der Waals surface area contributed by atoms with Crippen LogP contribution in [-0.2, 0) is 17.8 Å². The highest BCUT2D eigenvalue weighted by Gasteiger charge is 2.15. The van der Waals surface area contributed by atoms with Crippen LogP contribution in [0.15, 0.2) is 12.1 Å². The highest BCUT2D eigenvalue weighted by molar-refractivity contribution is 5.49. The molecule has 1 aromatic carbocycles. The average molecular weight is 166 g/mol. The molecule has 3 nitrogen and oxygen atoms in total. The summed E-state index contributed by atoms with van der Waals surface area (Å²) in [5.74, 6) is -0.0357. The van der Waals surface area contributed by atoms with Gasteiger partial charge in [-0.2, -0.15) is 0 Å². The van der Waals surface area contributed by atoms with Gasteiger partial charge >= 0.3 is 0 Å². The first-order chi connectivity index (χ1) is 5.79. The van der Waals surface area contributed by atoms with Crippen molar-refractivity contribution in [2.75, 3.05) is 6.61 Å². The Balaban J connectivity index is 2.54. The van der Waals surface area contributed by atoms with Gasteiger partial charge in [0.15, 0.2) is 11.5 Å². The minimum Gasteiger partial charge on any atom is -0.504 e. The van der Waals surface area contributed by atoms with Gasteiger partial charge in [0.05, 0.1) is 13.2 Å². The van der Waals surface area contributed by atoms with E-state index in [2.05, 4.69) is 0 Å². The SMILES string of the molecule is Oc1ccc2c(c1O)CCOC2. The molecule has 3 heteroatoms. The average Bonchev–Trinajstić information content (AvgIpc) is 2.12. The van der Waals surface area contributed by atoms with Crippen molar-refractivity contribution in [3.05, 3.63) is 23.3 Å². The van der Waals surface area contributed by atoms with Crippen molar-refractivity contribution in [1.82, 2.24) is 0 Å². The van der Waals surface area contributed by atoms with Crippen molar-refractivity contribution >= 4 is 0 Å². The molecule has 0 saturated carbocycles. The summed E-state index contributed by atoms with van der Waals surface area (Å²) in [7, 11) is 0. The number of phenols is 2. The lowest BCUT2D eigenvalue weighted by Gasteiger charge is -2.17. The summed E-state index contributed by atoms with van der Waals surface area (Å²) >= 11 is 0. The maximum Gasteiger partial charge on any atom is 0.161 e. The summed E-state index contributed by atoms with van der Waals surface area (Å²) in [6.45, 7) is 1.15. The number of hydrogen-bond donors (Lipinski definition) is 2. The monoisotopic (exact) mass is 166 g/mol. The van der Waals surface area contributed by atoms with Crippen molar-refractivity contribution in [1.29, 1.82) is 0 Å². The van der Waals surface area contributed by atoms with Crippen molar-refractivity contribution in [3.8, 4) is 11.5 Å². The Kier molecular flexibility index (Phi) is 1.66. The van der Waals surface area contributed by atoms with Crippen LogP contribution in [0, 0.1) is 0 Å². The van der Waals surface area contributed by atoms with Crippen molar-refractivity contribution in [3.63, 3.8) is 0 Å². The first kappa shape index (κ1) is 7.43. The van der Waals surface area contributed by atoms with Crippen LogP contribution in [0.4, 0.5) is 0 Å². The van der Waals surface area contributed by atoms with E-state index in [0.29, 0.717) is 19.6 Å². The second-order valence-corrected chi connectivity index (χ2v) is 2.87. The molecular formula is C9H10O3. The zero-order valence-corrected chi connectivity index (χ0v) is 6.58. The largest absolute Gasteiger partial charge is 0.504 e. The van der Waals surface area contributed by atoms with Crippen LogP contribution in [0.25, 0.3) is 0 Å². The molecule has 1 aliphatic heterocycles. The van der Waals surface area contributed by atoms with Crippen LogP contribution >= 0.6 is 0 Å². The van der Waals surface area contributed by atoms with Crippen molar-refractivity contribution < 1.29 is 14.9 Å². The third-order valence-corrected chi connectivity index (χ3v) is 2.11. The molecule has 0 unspecified atom stereocenters. The number of hydrogen-bond acceptors (Lipinski definition) is 3. The van der Waals surface area contributed by atoms with Gasteiger partial charge in [-0.25, -0.2) is 0 Å². The maximum atomic E-state index is 9.44. The van der Waals surface area contributed by atoms with E-state index >= 15 is 0 Å². The van der Waals surface area contributed by atoms with Crippen LogP contribution < -0.4 is 0 Å². The van der Waals surface area contributed by atoms with Gasteiger partial charge in [0.25, 0.3) is 0 Å². The number of benzene rings is 1. The molecule has 0 aromatic heterocycles. The Hall–Kier alpha value is -1.22. The second-order valence-electron chi connectivity index (χ2n) is 2.87. The predicted molar refractivity (Wildman–Crippen MR) is 43.1 cm³/mol. The van der Waals surface area contributed by atoms with Gasteiger partial charge in [-0.05, 0) is 18.1 Å². The number of fused-ring (bicyclic) bond motifs is 1. The van der Waals surface area contributed by atoms with Gasteiger partial charge in [-0.1, -0.05) is 6.07 Å². The number of aromatic hydroxyl groups is 2. The summed E-state index contributed by atoms with van der Waals surface area (Å²) in [5.41, 5.74) is 1.79. The van der Waals surface area contributed by atoms with Gasteiger partial charge in [-0.3, -0.25) is 0 Å². The summed E-state index contributed by atoms with van der Waals surface area (Å²) in [4.78, 5) is 0. The zero-order chi connectivity index (χ0) is 8.55. The first-order valence-electron chi connectivity index (χ1n) is 3.89. The molecule has 0 spiro atoms. The molecule has 12 heavy (non-hydrogen) atoms. The Morgan fingerprint density at radius 1 is 1.25 bits per heavy atom. The van der Waals surface area contributed by atoms with Crippen LogP contribution in [-0.4, -0.2) is 16.8 Å². The Bertz CT molecular complexity index is 307. The lowest BCUT2D eigenvalue weighted by molar-refractivity contribution is 0.109. The Morgan fingerprint density at radius 2 is 2.08 bits per heavy atom. The lowest BCUT2D eigenvalue weighted by Crippen LogP contribution is -2.09. The molecule has 1 aliphatic rings. The standard InChI is InChI=1S/C9H10O3/c10-8-2-1-6-5-12-4-3-7(6)9(8)11/h1-2,10-11H,3-5H2. The number of rotatable bonds is 0. The van der Waals surface area contributed by atoms with Crippen molar-refractivity contribution in [2.45, 2.75) is 13.0 Å². The zero-order valence-electron chi connectivity index (χ0n) is 6.58. The van der Waals surface area contributed by atoms with Crippen molar-refractivity contribution in [2.24, 2.45) is 0 Å². The minimum atomic E-state index is -0.0457. The fourth-order valence-electron chi connectivity index (χ4n) is 1.44. The molecule has 0 bridgehead atoms. The van der Waals surface area contributed by atoms with Gasteiger partial charge in [0.1, 0.15) is 0 Å². The number of phenolic OH excluding ortho intramolecular Hbond substituents is 2. The van der Waals surface area contributed by atoms with Crippen LogP contribution in [0.3, 0.4) is 0 Å². The summed E-state index contributed by atoms with van der Waals surface area (Å²) in [5, 5.41) is 18.6. The Labute approximate surface area is 70.2 Å². The quantitative estimate of drug-likeness (QED) is 0.569. The molecule has 0 atom stereocenters. The van der Waals surface area contributed by atoms with E-state index in [4.69, 9.17) is 4.74 Å². The maximum absolute atomic E-state index is 9.44. The second kappa shape index (κ2) is 2.68. The molecule has 0 amide bonds. The highest BCUT2D eigenvalue weighted by Crippen LogP contribution is 2.33. The fraction of sp³-hybridized carbons (Fsp3) is 0.333. The Morgan fingerprint density at radius 3 is 2.92 bits per heavy atom. The van der Waals surface area contributed by atoms with E-state index in [0.717, 1.165) is 11.1 Å². The third kappa shape index (κ3) is 1.02. The smallest absolute Gasteiger partial charge is 0.161 e. The molecule has 1 heterocycles. The van der Waals surface area contributed by atoms with Crippen LogP contribution in [0.2, 0.25) is 0 Å². The third-order valence-electron chi connectivity index (χ3n) is 2.11. The molecule has 2 N–H and O–H groups in total.